The fraction of sp³-hybridized carbons (Fsp3) is 0.250. The maximum absolute atomic E-state index is 9.07. The first-order valence-corrected chi connectivity index (χ1v) is 7.65. The van der Waals surface area contributed by atoms with Crippen molar-refractivity contribution in [3.05, 3.63) is 51.9 Å². The van der Waals surface area contributed by atoms with Crippen molar-refractivity contribution in [2.45, 2.75) is 32.7 Å². The third-order valence-electron chi connectivity index (χ3n) is 4.61. The van der Waals surface area contributed by atoms with E-state index in [1.165, 1.54) is 32.8 Å². The molecule has 0 amide bonds. The van der Waals surface area contributed by atoms with Crippen molar-refractivity contribution >= 4 is 17.3 Å². The number of hydrogen-bond donors (Lipinski definition) is 1. The summed E-state index contributed by atoms with van der Waals surface area (Å²) in [4.78, 5) is 0. The Kier molecular flexibility index (Phi) is 2.53. The molecule has 1 aliphatic heterocycles. The van der Waals surface area contributed by atoms with Crippen molar-refractivity contribution < 1.29 is 0 Å². The van der Waals surface area contributed by atoms with Gasteiger partial charge in [-0.2, -0.15) is 5.26 Å². The third-order valence-corrected chi connectivity index (χ3v) is 4.61. The molecular formula is C20H18N2. The third kappa shape index (κ3) is 1.86. The molecule has 1 heterocycles. The highest BCUT2D eigenvalue weighted by Crippen LogP contribution is 2.30. The van der Waals surface area contributed by atoms with E-state index >= 15 is 0 Å². The van der Waals surface area contributed by atoms with Gasteiger partial charge in [0.2, 0.25) is 0 Å². The summed E-state index contributed by atoms with van der Waals surface area (Å²) in [6, 6.07) is 12.7. The molecule has 2 nitrogen and oxygen atoms in total. The van der Waals surface area contributed by atoms with Crippen LogP contribution in [0.15, 0.2) is 30.3 Å². The van der Waals surface area contributed by atoms with Crippen LogP contribution < -0.4 is 15.8 Å². The molecule has 108 valence electrons. The number of nitriles is 1. The molecule has 0 atom stereocenters. The first-order chi connectivity index (χ1) is 10.5. The minimum Gasteiger partial charge on any atom is -0.379 e. The highest BCUT2D eigenvalue weighted by atomic mass is 15.0. The number of hydrogen-bond acceptors (Lipinski definition) is 2. The number of nitrogens with one attached hydrogen (secondary N) is 1. The van der Waals surface area contributed by atoms with Gasteiger partial charge in [0.15, 0.2) is 0 Å². The second-order valence-electron chi connectivity index (χ2n) is 7.01. The molecule has 2 aromatic carbocycles. The van der Waals surface area contributed by atoms with Gasteiger partial charge in [-0.25, -0.2) is 0 Å². The van der Waals surface area contributed by atoms with Crippen LogP contribution in [0, 0.1) is 11.3 Å². The Morgan fingerprint density at radius 1 is 1.14 bits per heavy atom. The zero-order valence-corrected chi connectivity index (χ0v) is 13.1. The fourth-order valence-corrected chi connectivity index (χ4v) is 3.76. The van der Waals surface area contributed by atoms with Crippen LogP contribution in [-0.4, -0.2) is 5.54 Å². The maximum Gasteiger partial charge on any atom is 0.0991 e. The zero-order valence-electron chi connectivity index (χ0n) is 13.1. The van der Waals surface area contributed by atoms with Crippen LogP contribution in [0.1, 0.15) is 38.3 Å². The molecule has 2 heteroatoms. The first kappa shape index (κ1) is 13.2. The maximum atomic E-state index is 9.07. The van der Waals surface area contributed by atoms with Gasteiger partial charge in [-0.3, -0.25) is 0 Å². The van der Waals surface area contributed by atoms with E-state index in [-0.39, 0.29) is 5.54 Å². The van der Waals surface area contributed by atoms with Crippen LogP contribution in [0.5, 0.6) is 0 Å². The largest absolute Gasteiger partial charge is 0.379 e. The zero-order chi connectivity index (χ0) is 15.5. The lowest BCUT2D eigenvalue weighted by Gasteiger charge is -2.32. The number of anilines is 1. The number of fused-ring (bicyclic) bond motifs is 4. The lowest BCUT2D eigenvalue weighted by atomic mass is 9.89. The van der Waals surface area contributed by atoms with Gasteiger partial charge in [-0.15, -0.1) is 0 Å². The summed E-state index contributed by atoms with van der Waals surface area (Å²) in [5.74, 6) is 0. The summed E-state index contributed by atoms with van der Waals surface area (Å²) in [7, 11) is 0. The molecule has 0 saturated heterocycles. The smallest absolute Gasteiger partial charge is 0.0991 e. The second-order valence-corrected chi connectivity index (χ2v) is 7.01. The van der Waals surface area contributed by atoms with E-state index in [1.54, 1.807) is 0 Å². The molecule has 0 spiro atoms. The van der Waals surface area contributed by atoms with Gasteiger partial charge < -0.3 is 5.32 Å². The van der Waals surface area contributed by atoms with Crippen molar-refractivity contribution in [3.63, 3.8) is 0 Å². The molecule has 2 aromatic rings. The van der Waals surface area contributed by atoms with Crippen LogP contribution >= 0.6 is 0 Å². The molecular weight excluding hydrogens is 268 g/mol. The number of rotatable bonds is 0. The molecule has 22 heavy (non-hydrogen) atoms. The Labute approximate surface area is 130 Å². The summed E-state index contributed by atoms with van der Waals surface area (Å²) in [5, 5.41) is 15.3. The molecule has 4 rings (SSSR count). The first-order valence-electron chi connectivity index (χ1n) is 7.65. The van der Waals surface area contributed by atoms with Gasteiger partial charge in [-0.1, -0.05) is 11.6 Å². The Morgan fingerprint density at radius 3 is 2.73 bits per heavy atom. The van der Waals surface area contributed by atoms with Crippen molar-refractivity contribution in [1.29, 1.82) is 5.26 Å². The Morgan fingerprint density at radius 2 is 1.95 bits per heavy atom. The van der Waals surface area contributed by atoms with E-state index in [2.05, 4.69) is 56.4 Å². The molecule has 0 aromatic heterocycles. The van der Waals surface area contributed by atoms with Crippen LogP contribution in [0.3, 0.4) is 0 Å². The van der Waals surface area contributed by atoms with Gasteiger partial charge >= 0.3 is 0 Å². The SMILES string of the molecule is CC1=c2cc3c(cc2NC(C)(C)C1)=Cc1cc(C#N)ccc1-3. The van der Waals surface area contributed by atoms with Crippen molar-refractivity contribution in [1.82, 2.24) is 0 Å². The predicted octanol–water partition coefficient (Wildman–Crippen LogP) is 3.13. The normalized spacial score (nSPS) is 16.7. The van der Waals surface area contributed by atoms with Gasteiger partial charge in [0.05, 0.1) is 11.6 Å². The molecule has 1 aliphatic carbocycles. The van der Waals surface area contributed by atoms with Crippen molar-refractivity contribution in [2.24, 2.45) is 0 Å². The lowest BCUT2D eigenvalue weighted by Crippen LogP contribution is -2.39. The van der Waals surface area contributed by atoms with Gasteiger partial charge in [0.1, 0.15) is 0 Å². The minimum absolute atomic E-state index is 0.102. The quantitative estimate of drug-likeness (QED) is 0.689. The van der Waals surface area contributed by atoms with Gasteiger partial charge in [-0.05, 0) is 84.7 Å². The van der Waals surface area contributed by atoms with Gasteiger partial charge in [0, 0.05) is 11.2 Å². The second kappa shape index (κ2) is 4.24. The molecule has 1 N–H and O–H groups in total. The molecule has 2 aliphatic rings. The molecule has 0 fully saturated rings. The van der Waals surface area contributed by atoms with Crippen molar-refractivity contribution in [2.75, 3.05) is 5.32 Å². The Balaban J connectivity index is 1.98. The average molecular weight is 286 g/mol. The van der Waals surface area contributed by atoms with Crippen LogP contribution in [0.2, 0.25) is 0 Å². The highest BCUT2D eigenvalue weighted by molar-refractivity contribution is 5.85. The summed E-state index contributed by atoms with van der Waals surface area (Å²) in [6.45, 7) is 6.71. The van der Waals surface area contributed by atoms with Gasteiger partial charge in [0.25, 0.3) is 0 Å². The predicted molar refractivity (Wildman–Crippen MR) is 90.8 cm³/mol. The monoisotopic (exact) mass is 286 g/mol. The van der Waals surface area contributed by atoms with E-state index in [1.807, 2.05) is 12.1 Å². The molecule has 0 unspecified atom stereocenters. The highest BCUT2D eigenvalue weighted by Gasteiger charge is 2.24. The van der Waals surface area contributed by atoms with E-state index in [0.717, 1.165) is 17.5 Å². The van der Waals surface area contributed by atoms with E-state index in [0.29, 0.717) is 0 Å². The summed E-state index contributed by atoms with van der Waals surface area (Å²) >= 11 is 0. The molecule has 0 saturated carbocycles. The summed E-state index contributed by atoms with van der Waals surface area (Å²) < 4.78 is 0. The van der Waals surface area contributed by atoms with Crippen LogP contribution in [0.4, 0.5) is 5.69 Å². The standard InChI is InChI=1S/C20H18N2/c1-12-10-20(2,3)22-19-8-15-7-14-6-13(11-21)4-5-16(14)18(15)9-17(12)19/h4-9,22H,10H2,1-3H3. The molecule has 0 bridgehead atoms. The summed E-state index contributed by atoms with van der Waals surface area (Å²) in [5.41, 5.74) is 7.13. The summed E-state index contributed by atoms with van der Waals surface area (Å²) in [6.07, 6.45) is 3.24. The molecule has 0 radical (unpaired) electrons. The van der Waals surface area contributed by atoms with E-state index in [9.17, 15) is 0 Å². The van der Waals surface area contributed by atoms with Crippen LogP contribution in [-0.2, 0) is 0 Å². The Hall–Kier alpha value is -2.53. The number of benzene rings is 2. The van der Waals surface area contributed by atoms with E-state index < -0.39 is 0 Å². The Bertz CT molecular complexity index is 972. The number of nitrogens with zero attached hydrogens (tertiary/aromatic N) is 1. The van der Waals surface area contributed by atoms with Crippen molar-refractivity contribution in [3.8, 4) is 17.2 Å². The topological polar surface area (TPSA) is 35.8 Å². The lowest BCUT2D eigenvalue weighted by molar-refractivity contribution is 0.573. The van der Waals surface area contributed by atoms with E-state index in [4.69, 9.17) is 5.26 Å². The average Bonchev–Trinajstić information content (AvgIpc) is 2.80. The fourth-order valence-electron chi connectivity index (χ4n) is 3.76. The minimum atomic E-state index is 0.102. The van der Waals surface area contributed by atoms with Crippen LogP contribution in [0.25, 0.3) is 22.8 Å².